The summed E-state index contributed by atoms with van der Waals surface area (Å²) >= 11 is 0. The molecule has 0 bridgehead atoms. The summed E-state index contributed by atoms with van der Waals surface area (Å²) < 4.78 is 0. The van der Waals surface area contributed by atoms with Crippen molar-refractivity contribution in [2.45, 2.75) is 59.3 Å². The Morgan fingerprint density at radius 3 is 2.33 bits per heavy atom. The molecule has 0 heterocycles. The van der Waals surface area contributed by atoms with E-state index in [1.54, 1.807) is 0 Å². The van der Waals surface area contributed by atoms with Crippen LogP contribution in [0.15, 0.2) is 12.2 Å². The molecule has 0 amide bonds. The summed E-state index contributed by atoms with van der Waals surface area (Å²) in [4.78, 5) is 0. The predicted molar refractivity (Wildman–Crippen MR) is 57.4 cm³/mol. The Bertz CT molecular complexity index is 103. The maximum atomic E-state index is 2.40. The van der Waals surface area contributed by atoms with Gasteiger partial charge in [0.15, 0.2) is 0 Å². The minimum absolute atomic E-state index is 0.844. The molecule has 0 aliphatic rings. The van der Waals surface area contributed by atoms with Gasteiger partial charge in [-0.1, -0.05) is 52.2 Å². The normalized spacial score (nSPS) is 13.9. The Morgan fingerprint density at radius 1 is 1.08 bits per heavy atom. The maximum Gasteiger partial charge on any atom is -0.0236 e. The van der Waals surface area contributed by atoms with Gasteiger partial charge < -0.3 is 0 Å². The lowest BCUT2D eigenvalue weighted by atomic mass is 9.98. The Balaban J connectivity index is 3.46. The van der Waals surface area contributed by atoms with Crippen molar-refractivity contribution < 1.29 is 0 Å². The number of hydrogen-bond donors (Lipinski definition) is 0. The molecule has 0 rings (SSSR count). The second kappa shape index (κ2) is 8.83. The number of unbranched alkanes of at least 4 members (excludes halogenated alkanes) is 2. The molecular weight excluding hydrogens is 144 g/mol. The molecule has 1 unspecified atom stereocenters. The van der Waals surface area contributed by atoms with Gasteiger partial charge in [0.25, 0.3) is 0 Å². The fraction of sp³-hybridized carbons (Fsp3) is 0.833. The van der Waals surface area contributed by atoms with Gasteiger partial charge in [-0.25, -0.2) is 0 Å². The van der Waals surface area contributed by atoms with Crippen LogP contribution in [0.3, 0.4) is 0 Å². The molecular formula is C12H24. The zero-order chi connectivity index (χ0) is 9.23. The molecule has 12 heavy (non-hydrogen) atoms. The van der Waals surface area contributed by atoms with Crippen LogP contribution in [0.25, 0.3) is 0 Å². The van der Waals surface area contributed by atoms with Crippen molar-refractivity contribution in [2.24, 2.45) is 5.92 Å². The summed E-state index contributed by atoms with van der Waals surface area (Å²) in [6.45, 7) is 6.76. The third-order valence-electron chi connectivity index (χ3n) is 2.35. The van der Waals surface area contributed by atoms with E-state index in [4.69, 9.17) is 0 Å². The molecule has 0 saturated heterocycles. The first kappa shape index (κ1) is 11.7. The van der Waals surface area contributed by atoms with Gasteiger partial charge in [0.2, 0.25) is 0 Å². The lowest BCUT2D eigenvalue weighted by molar-refractivity contribution is 0.526. The van der Waals surface area contributed by atoms with E-state index in [1.165, 1.54) is 38.5 Å². The quantitative estimate of drug-likeness (QED) is 0.386. The molecule has 1 atom stereocenters. The van der Waals surface area contributed by atoms with Crippen molar-refractivity contribution in [3.8, 4) is 0 Å². The SMILES string of the molecule is CCC=CC(CC)CCCCC. The molecule has 0 saturated carbocycles. The Hall–Kier alpha value is -0.260. The molecule has 0 aromatic heterocycles. The first-order chi connectivity index (χ1) is 5.85. The molecule has 0 aliphatic heterocycles. The highest BCUT2D eigenvalue weighted by molar-refractivity contribution is 4.86. The minimum Gasteiger partial charge on any atom is -0.0885 e. The molecule has 0 spiro atoms. The predicted octanol–water partition coefficient (Wildman–Crippen LogP) is 4.56. The topological polar surface area (TPSA) is 0 Å². The van der Waals surface area contributed by atoms with Crippen molar-refractivity contribution in [1.82, 2.24) is 0 Å². The van der Waals surface area contributed by atoms with E-state index in [0.717, 1.165) is 5.92 Å². The molecule has 0 heteroatoms. The summed E-state index contributed by atoms with van der Waals surface area (Å²) in [6, 6.07) is 0. The highest BCUT2D eigenvalue weighted by atomic mass is 14.1. The average molecular weight is 168 g/mol. The second-order valence-electron chi connectivity index (χ2n) is 3.50. The monoisotopic (exact) mass is 168 g/mol. The Kier molecular flexibility index (Phi) is 8.64. The summed E-state index contributed by atoms with van der Waals surface area (Å²) in [6.07, 6.45) is 12.7. The van der Waals surface area contributed by atoms with Gasteiger partial charge in [0.1, 0.15) is 0 Å². The van der Waals surface area contributed by atoms with Crippen molar-refractivity contribution in [3.63, 3.8) is 0 Å². The second-order valence-corrected chi connectivity index (χ2v) is 3.50. The Labute approximate surface area is 78.1 Å². The van der Waals surface area contributed by atoms with Crippen LogP contribution in [0.5, 0.6) is 0 Å². The van der Waals surface area contributed by atoms with Crippen molar-refractivity contribution in [2.75, 3.05) is 0 Å². The molecule has 0 radical (unpaired) electrons. The van der Waals surface area contributed by atoms with Gasteiger partial charge in [0, 0.05) is 0 Å². The first-order valence-electron chi connectivity index (χ1n) is 5.51. The summed E-state index contributed by atoms with van der Waals surface area (Å²) in [7, 11) is 0. The van der Waals surface area contributed by atoms with Crippen LogP contribution in [0.1, 0.15) is 59.3 Å². The number of hydrogen-bond acceptors (Lipinski definition) is 0. The van der Waals surface area contributed by atoms with Crippen molar-refractivity contribution in [1.29, 1.82) is 0 Å². The van der Waals surface area contributed by atoms with E-state index in [2.05, 4.69) is 32.9 Å². The van der Waals surface area contributed by atoms with Crippen LogP contribution in [0, 0.1) is 5.92 Å². The van der Waals surface area contributed by atoms with Gasteiger partial charge >= 0.3 is 0 Å². The third-order valence-corrected chi connectivity index (χ3v) is 2.35. The van der Waals surface area contributed by atoms with Crippen LogP contribution in [0.4, 0.5) is 0 Å². The van der Waals surface area contributed by atoms with Crippen LogP contribution < -0.4 is 0 Å². The summed E-state index contributed by atoms with van der Waals surface area (Å²) in [5.74, 6) is 0.844. The molecule has 72 valence electrons. The molecule has 0 nitrogen and oxygen atoms in total. The lowest BCUT2D eigenvalue weighted by Crippen LogP contribution is -1.93. The van der Waals surface area contributed by atoms with Crippen LogP contribution in [-0.4, -0.2) is 0 Å². The number of allylic oxidation sites excluding steroid dienone is 2. The fourth-order valence-electron chi connectivity index (χ4n) is 1.42. The van der Waals surface area contributed by atoms with Gasteiger partial charge in [0.05, 0.1) is 0 Å². The van der Waals surface area contributed by atoms with Gasteiger partial charge in [-0.3, -0.25) is 0 Å². The standard InChI is InChI=1S/C12H24/c1-4-7-9-11-12(6-3)10-8-5-2/h8,10,12H,4-7,9,11H2,1-3H3. The van der Waals surface area contributed by atoms with Crippen LogP contribution in [0.2, 0.25) is 0 Å². The van der Waals surface area contributed by atoms with Crippen LogP contribution >= 0.6 is 0 Å². The largest absolute Gasteiger partial charge is 0.0885 e. The van der Waals surface area contributed by atoms with E-state index in [0.29, 0.717) is 0 Å². The summed E-state index contributed by atoms with van der Waals surface area (Å²) in [5.41, 5.74) is 0. The van der Waals surface area contributed by atoms with Crippen molar-refractivity contribution >= 4 is 0 Å². The molecule has 0 aromatic carbocycles. The third kappa shape index (κ3) is 6.45. The van der Waals surface area contributed by atoms with Crippen molar-refractivity contribution in [3.05, 3.63) is 12.2 Å². The smallest absolute Gasteiger partial charge is 0.0236 e. The lowest BCUT2D eigenvalue weighted by Gasteiger charge is -2.08. The van der Waals surface area contributed by atoms with E-state index in [-0.39, 0.29) is 0 Å². The molecule has 0 N–H and O–H groups in total. The first-order valence-corrected chi connectivity index (χ1v) is 5.51. The molecule has 0 fully saturated rings. The van der Waals surface area contributed by atoms with Gasteiger partial charge in [-0.15, -0.1) is 0 Å². The molecule has 0 aliphatic carbocycles. The van der Waals surface area contributed by atoms with Crippen LogP contribution in [-0.2, 0) is 0 Å². The van der Waals surface area contributed by atoms with E-state index >= 15 is 0 Å². The fourth-order valence-corrected chi connectivity index (χ4v) is 1.42. The number of rotatable bonds is 7. The summed E-state index contributed by atoms with van der Waals surface area (Å²) in [5, 5.41) is 0. The van der Waals surface area contributed by atoms with E-state index in [9.17, 15) is 0 Å². The Morgan fingerprint density at radius 2 is 1.83 bits per heavy atom. The average Bonchev–Trinajstić information content (AvgIpc) is 2.11. The zero-order valence-corrected chi connectivity index (χ0v) is 8.97. The van der Waals surface area contributed by atoms with Gasteiger partial charge in [-0.2, -0.15) is 0 Å². The van der Waals surface area contributed by atoms with Gasteiger partial charge in [-0.05, 0) is 25.2 Å². The van der Waals surface area contributed by atoms with E-state index in [1.807, 2.05) is 0 Å². The van der Waals surface area contributed by atoms with E-state index < -0.39 is 0 Å². The highest BCUT2D eigenvalue weighted by Gasteiger charge is 1.99. The highest BCUT2D eigenvalue weighted by Crippen LogP contribution is 2.14. The molecule has 0 aromatic rings. The minimum atomic E-state index is 0.844. The maximum absolute atomic E-state index is 2.40. The zero-order valence-electron chi connectivity index (χ0n) is 8.97.